The van der Waals surface area contributed by atoms with E-state index in [-0.39, 0.29) is 5.91 Å². The highest BCUT2D eigenvalue weighted by Gasteiger charge is 2.18. The van der Waals surface area contributed by atoms with E-state index >= 15 is 0 Å². The normalized spacial score (nSPS) is 14.4. The fourth-order valence-electron chi connectivity index (χ4n) is 3.03. The number of carbonyl (C=O) groups is 1. The SMILES string of the molecule is Cc1nnc(-c2cccc(-c3cccc(C(=O)N4CCSCC4)c3)c2)o1. The highest BCUT2D eigenvalue weighted by Crippen LogP contribution is 2.27. The van der Waals surface area contributed by atoms with Gasteiger partial charge in [-0.1, -0.05) is 24.3 Å². The second-order valence-corrected chi connectivity index (χ2v) is 7.42. The number of nitrogens with zero attached hydrogens (tertiary/aromatic N) is 3. The third-order valence-corrected chi connectivity index (χ3v) is 5.32. The number of aryl methyl sites for hydroxylation is 1. The van der Waals surface area contributed by atoms with Crippen LogP contribution in [0.2, 0.25) is 0 Å². The maximum absolute atomic E-state index is 12.8. The van der Waals surface area contributed by atoms with Gasteiger partial charge in [0.15, 0.2) is 0 Å². The third kappa shape index (κ3) is 3.51. The molecule has 1 aliphatic heterocycles. The van der Waals surface area contributed by atoms with Gasteiger partial charge in [-0.25, -0.2) is 0 Å². The summed E-state index contributed by atoms with van der Waals surface area (Å²) in [4.78, 5) is 14.7. The average molecular weight is 365 g/mol. The first-order valence-electron chi connectivity index (χ1n) is 8.59. The van der Waals surface area contributed by atoms with Gasteiger partial charge in [-0.05, 0) is 35.4 Å². The average Bonchev–Trinajstić information content (AvgIpc) is 3.15. The highest BCUT2D eigenvalue weighted by molar-refractivity contribution is 7.99. The Hall–Kier alpha value is -2.60. The Kier molecular flexibility index (Phi) is 4.75. The zero-order valence-corrected chi connectivity index (χ0v) is 15.3. The Morgan fingerprint density at radius 2 is 1.69 bits per heavy atom. The van der Waals surface area contributed by atoms with E-state index in [0.717, 1.165) is 46.8 Å². The van der Waals surface area contributed by atoms with Crippen molar-refractivity contribution >= 4 is 17.7 Å². The van der Waals surface area contributed by atoms with Crippen molar-refractivity contribution in [3.8, 4) is 22.6 Å². The van der Waals surface area contributed by atoms with Crippen LogP contribution in [-0.2, 0) is 0 Å². The molecule has 1 saturated heterocycles. The molecule has 0 radical (unpaired) electrons. The molecule has 3 aromatic rings. The van der Waals surface area contributed by atoms with E-state index in [1.165, 1.54) is 0 Å². The molecule has 5 nitrogen and oxygen atoms in total. The number of benzene rings is 2. The largest absolute Gasteiger partial charge is 0.421 e. The zero-order valence-electron chi connectivity index (χ0n) is 14.5. The van der Waals surface area contributed by atoms with Gasteiger partial charge < -0.3 is 9.32 Å². The van der Waals surface area contributed by atoms with Crippen molar-refractivity contribution in [1.82, 2.24) is 15.1 Å². The molecule has 1 aliphatic rings. The molecule has 6 heteroatoms. The quantitative estimate of drug-likeness (QED) is 0.704. The molecule has 1 aromatic heterocycles. The van der Waals surface area contributed by atoms with Gasteiger partial charge in [-0.3, -0.25) is 4.79 Å². The number of rotatable bonds is 3. The van der Waals surface area contributed by atoms with Crippen LogP contribution in [0.5, 0.6) is 0 Å². The standard InChI is InChI=1S/C20H19N3O2S/c1-14-21-22-19(25-14)17-6-2-4-15(12-17)16-5-3-7-18(13-16)20(24)23-8-10-26-11-9-23/h2-7,12-13H,8-11H2,1H3. The van der Waals surface area contributed by atoms with Crippen LogP contribution in [0, 0.1) is 6.92 Å². The van der Waals surface area contributed by atoms with E-state index in [0.29, 0.717) is 11.8 Å². The molecule has 0 bridgehead atoms. The summed E-state index contributed by atoms with van der Waals surface area (Å²) in [6.07, 6.45) is 0. The van der Waals surface area contributed by atoms with E-state index in [2.05, 4.69) is 10.2 Å². The minimum Gasteiger partial charge on any atom is -0.421 e. The van der Waals surface area contributed by atoms with Crippen LogP contribution in [0.25, 0.3) is 22.6 Å². The highest BCUT2D eigenvalue weighted by atomic mass is 32.2. The van der Waals surface area contributed by atoms with E-state index in [4.69, 9.17) is 4.42 Å². The van der Waals surface area contributed by atoms with E-state index in [1.54, 1.807) is 6.92 Å². The number of hydrogen-bond donors (Lipinski definition) is 0. The van der Waals surface area contributed by atoms with Crippen molar-refractivity contribution in [3.05, 3.63) is 60.0 Å². The summed E-state index contributed by atoms with van der Waals surface area (Å²) in [5.41, 5.74) is 3.61. The lowest BCUT2D eigenvalue weighted by Gasteiger charge is -2.26. The summed E-state index contributed by atoms with van der Waals surface area (Å²) in [6, 6.07) is 15.7. The van der Waals surface area contributed by atoms with Crippen LogP contribution in [0.15, 0.2) is 52.9 Å². The lowest BCUT2D eigenvalue weighted by Crippen LogP contribution is -2.37. The molecular weight excluding hydrogens is 346 g/mol. The van der Waals surface area contributed by atoms with Gasteiger partial charge in [-0.15, -0.1) is 10.2 Å². The lowest BCUT2D eigenvalue weighted by atomic mass is 10.0. The second kappa shape index (κ2) is 7.33. The molecule has 0 spiro atoms. The zero-order chi connectivity index (χ0) is 17.9. The van der Waals surface area contributed by atoms with Gasteiger partial charge in [0.2, 0.25) is 11.8 Å². The molecule has 0 aliphatic carbocycles. The number of hydrogen-bond acceptors (Lipinski definition) is 5. The Morgan fingerprint density at radius 3 is 2.42 bits per heavy atom. The Labute approximate surface area is 156 Å². The fraction of sp³-hybridized carbons (Fsp3) is 0.250. The van der Waals surface area contributed by atoms with E-state index in [1.807, 2.05) is 65.2 Å². The summed E-state index contributed by atoms with van der Waals surface area (Å²) in [5.74, 6) is 3.17. The van der Waals surface area contributed by atoms with Crippen LogP contribution in [0.4, 0.5) is 0 Å². The van der Waals surface area contributed by atoms with Crippen LogP contribution >= 0.6 is 11.8 Å². The molecule has 2 aromatic carbocycles. The Bertz CT molecular complexity index is 932. The molecule has 0 unspecified atom stereocenters. The summed E-state index contributed by atoms with van der Waals surface area (Å²) in [5, 5.41) is 7.96. The molecule has 132 valence electrons. The molecule has 1 fully saturated rings. The van der Waals surface area contributed by atoms with E-state index in [9.17, 15) is 4.79 Å². The minimum atomic E-state index is 0.107. The number of carbonyl (C=O) groups excluding carboxylic acids is 1. The van der Waals surface area contributed by atoms with E-state index < -0.39 is 0 Å². The fourth-order valence-corrected chi connectivity index (χ4v) is 3.93. The summed E-state index contributed by atoms with van der Waals surface area (Å²) in [7, 11) is 0. The van der Waals surface area contributed by atoms with Crippen LogP contribution in [0.3, 0.4) is 0 Å². The summed E-state index contributed by atoms with van der Waals surface area (Å²) in [6.45, 7) is 3.41. The van der Waals surface area contributed by atoms with Crippen molar-refractivity contribution in [2.45, 2.75) is 6.92 Å². The second-order valence-electron chi connectivity index (χ2n) is 6.19. The van der Waals surface area contributed by atoms with Crippen molar-refractivity contribution in [3.63, 3.8) is 0 Å². The van der Waals surface area contributed by atoms with Crippen LogP contribution in [-0.4, -0.2) is 45.6 Å². The summed E-state index contributed by atoms with van der Waals surface area (Å²) < 4.78 is 5.52. The monoisotopic (exact) mass is 365 g/mol. The number of aromatic nitrogens is 2. The van der Waals surface area contributed by atoms with Gasteiger partial charge in [0.1, 0.15) is 0 Å². The first kappa shape index (κ1) is 16.8. The molecule has 26 heavy (non-hydrogen) atoms. The van der Waals surface area contributed by atoms with Gasteiger partial charge in [-0.2, -0.15) is 11.8 Å². The first-order valence-corrected chi connectivity index (χ1v) is 9.74. The predicted molar refractivity (Wildman–Crippen MR) is 103 cm³/mol. The smallest absolute Gasteiger partial charge is 0.253 e. The van der Waals surface area contributed by atoms with Crippen molar-refractivity contribution < 1.29 is 9.21 Å². The van der Waals surface area contributed by atoms with Crippen LogP contribution < -0.4 is 0 Å². The minimum absolute atomic E-state index is 0.107. The first-order chi connectivity index (χ1) is 12.7. The van der Waals surface area contributed by atoms with Crippen LogP contribution in [0.1, 0.15) is 16.2 Å². The Balaban J connectivity index is 1.63. The topological polar surface area (TPSA) is 59.2 Å². The molecular formula is C20H19N3O2S. The van der Waals surface area contributed by atoms with Crippen molar-refractivity contribution in [2.75, 3.05) is 24.6 Å². The number of amides is 1. The van der Waals surface area contributed by atoms with Gasteiger partial charge in [0.25, 0.3) is 5.91 Å². The molecule has 2 heterocycles. The molecule has 0 atom stereocenters. The molecule has 4 rings (SSSR count). The number of thioether (sulfide) groups is 1. The Morgan fingerprint density at radius 1 is 1.00 bits per heavy atom. The van der Waals surface area contributed by atoms with Gasteiger partial charge in [0.05, 0.1) is 0 Å². The predicted octanol–water partition coefficient (Wildman–Crippen LogP) is 3.90. The summed E-state index contributed by atoms with van der Waals surface area (Å²) >= 11 is 1.90. The van der Waals surface area contributed by atoms with Gasteiger partial charge in [0, 0.05) is 42.6 Å². The van der Waals surface area contributed by atoms with Crippen molar-refractivity contribution in [1.29, 1.82) is 0 Å². The maximum Gasteiger partial charge on any atom is 0.253 e. The molecule has 0 N–H and O–H groups in total. The molecule has 1 amide bonds. The van der Waals surface area contributed by atoms with Gasteiger partial charge >= 0.3 is 0 Å². The lowest BCUT2D eigenvalue weighted by molar-refractivity contribution is 0.0772. The third-order valence-electron chi connectivity index (χ3n) is 4.38. The maximum atomic E-state index is 12.8. The van der Waals surface area contributed by atoms with Crippen molar-refractivity contribution in [2.24, 2.45) is 0 Å². The molecule has 0 saturated carbocycles.